The summed E-state index contributed by atoms with van der Waals surface area (Å²) in [5, 5.41) is 19.3. The molecule has 30 heavy (non-hydrogen) atoms. The van der Waals surface area contributed by atoms with E-state index in [4.69, 9.17) is 28.5 Å². The molecule has 0 bridgehead atoms. The zero-order chi connectivity index (χ0) is 21.7. The number of hydrogen-bond acceptors (Lipinski definition) is 5. The number of nitrogens with zero attached hydrogens (tertiary/aromatic N) is 5. The summed E-state index contributed by atoms with van der Waals surface area (Å²) in [5.41, 5.74) is 2.48. The van der Waals surface area contributed by atoms with Gasteiger partial charge in [0, 0.05) is 34.9 Å². The van der Waals surface area contributed by atoms with Crippen LogP contribution in [0.5, 0.6) is 0 Å². The molecule has 6 nitrogen and oxygen atoms in total. The molecular weight excluding hydrogens is 441 g/mol. The Morgan fingerprint density at radius 3 is 2.60 bits per heavy atom. The van der Waals surface area contributed by atoms with Gasteiger partial charge in [0.2, 0.25) is 5.91 Å². The van der Waals surface area contributed by atoms with Crippen LogP contribution in [0.3, 0.4) is 0 Å². The molecule has 3 aromatic rings. The highest BCUT2D eigenvalue weighted by Crippen LogP contribution is 2.26. The largest absolute Gasteiger partial charge is 0.311 e. The molecule has 0 saturated heterocycles. The van der Waals surface area contributed by atoms with Gasteiger partial charge >= 0.3 is 0 Å². The van der Waals surface area contributed by atoms with Gasteiger partial charge in [0.05, 0.1) is 18.2 Å². The summed E-state index contributed by atoms with van der Waals surface area (Å²) in [5.74, 6) is 0.740. The van der Waals surface area contributed by atoms with Crippen molar-refractivity contribution >= 4 is 46.6 Å². The van der Waals surface area contributed by atoms with Gasteiger partial charge in [-0.3, -0.25) is 4.79 Å². The minimum Gasteiger partial charge on any atom is -0.311 e. The molecule has 0 N–H and O–H groups in total. The lowest BCUT2D eigenvalue weighted by Crippen LogP contribution is -2.33. The summed E-state index contributed by atoms with van der Waals surface area (Å²) in [7, 11) is 1.85. The van der Waals surface area contributed by atoms with E-state index in [1.54, 1.807) is 29.2 Å². The van der Waals surface area contributed by atoms with Gasteiger partial charge in [0.1, 0.15) is 0 Å². The Kier molecular flexibility index (Phi) is 7.38. The summed E-state index contributed by atoms with van der Waals surface area (Å²) in [4.78, 5) is 14.5. The Morgan fingerprint density at radius 2 is 1.93 bits per heavy atom. The molecule has 3 rings (SSSR count). The van der Waals surface area contributed by atoms with E-state index < -0.39 is 0 Å². The lowest BCUT2D eigenvalue weighted by atomic mass is 10.2. The van der Waals surface area contributed by atoms with Gasteiger partial charge in [-0.05, 0) is 55.0 Å². The van der Waals surface area contributed by atoms with Gasteiger partial charge in [0.25, 0.3) is 0 Å². The number of nitriles is 1. The Labute approximate surface area is 189 Å². The number of rotatable bonds is 7. The minimum atomic E-state index is -0.118. The standard InChI is InChI=1S/C21H19Cl2N5OS/c1-14-12-17(8-9-18(14)23)28(11-3-10-24)19(29)13-30-21-26-25-20(27(21)2)15-4-6-16(22)7-5-15/h4-9,12H,3,11,13H2,1-2H3. The van der Waals surface area contributed by atoms with E-state index in [-0.39, 0.29) is 18.1 Å². The van der Waals surface area contributed by atoms with E-state index in [1.165, 1.54) is 11.8 Å². The highest BCUT2D eigenvalue weighted by atomic mass is 35.5. The van der Waals surface area contributed by atoms with Crippen LogP contribution in [0.1, 0.15) is 12.0 Å². The van der Waals surface area contributed by atoms with Crippen LogP contribution in [-0.4, -0.2) is 33.0 Å². The quantitative estimate of drug-likeness (QED) is 0.457. The van der Waals surface area contributed by atoms with E-state index >= 15 is 0 Å². The molecule has 0 unspecified atom stereocenters. The maximum absolute atomic E-state index is 12.9. The Balaban J connectivity index is 1.74. The molecule has 0 atom stereocenters. The number of anilines is 1. The first-order chi connectivity index (χ1) is 14.4. The number of thioether (sulfide) groups is 1. The highest BCUT2D eigenvalue weighted by Gasteiger charge is 2.19. The first-order valence-electron chi connectivity index (χ1n) is 9.12. The average molecular weight is 460 g/mol. The van der Waals surface area contributed by atoms with Gasteiger partial charge in [-0.2, -0.15) is 5.26 Å². The van der Waals surface area contributed by atoms with Crippen molar-refractivity contribution in [1.29, 1.82) is 5.26 Å². The zero-order valence-electron chi connectivity index (χ0n) is 16.5. The first kappa shape index (κ1) is 22.2. The maximum atomic E-state index is 12.9. The molecule has 0 aliphatic heterocycles. The van der Waals surface area contributed by atoms with Gasteiger partial charge < -0.3 is 9.47 Å². The second-order valence-corrected chi connectivity index (χ2v) is 8.33. The SMILES string of the molecule is Cc1cc(N(CCC#N)C(=O)CSc2nnc(-c3ccc(Cl)cc3)n2C)ccc1Cl. The first-order valence-corrected chi connectivity index (χ1v) is 10.9. The predicted octanol–water partition coefficient (Wildman–Crippen LogP) is 5.14. The smallest absolute Gasteiger partial charge is 0.237 e. The van der Waals surface area contributed by atoms with Crippen LogP contribution in [-0.2, 0) is 11.8 Å². The summed E-state index contributed by atoms with van der Waals surface area (Å²) in [6.45, 7) is 2.19. The summed E-state index contributed by atoms with van der Waals surface area (Å²) in [6.07, 6.45) is 0.239. The van der Waals surface area contributed by atoms with Gasteiger partial charge in [-0.25, -0.2) is 0 Å². The lowest BCUT2D eigenvalue weighted by Gasteiger charge is -2.22. The molecule has 1 aromatic heterocycles. The van der Waals surface area contributed by atoms with E-state index in [2.05, 4.69) is 16.3 Å². The van der Waals surface area contributed by atoms with Crippen molar-refractivity contribution < 1.29 is 4.79 Å². The molecule has 1 amide bonds. The number of carbonyl (C=O) groups excluding carboxylic acids is 1. The van der Waals surface area contributed by atoms with Crippen LogP contribution in [0, 0.1) is 18.3 Å². The third-order valence-corrected chi connectivity index (χ3v) is 6.14. The number of aromatic nitrogens is 3. The number of hydrogen-bond donors (Lipinski definition) is 0. The van der Waals surface area contributed by atoms with Gasteiger partial charge in [-0.1, -0.05) is 35.0 Å². The summed E-state index contributed by atoms with van der Waals surface area (Å²) >= 11 is 13.4. The van der Waals surface area contributed by atoms with Crippen LogP contribution in [0.2, 0.25) is 10.0 Å². The number of aryl methyl sites for hydroxylation is 1. The molecule has 0 aliphatic carbocycles. The van der Waals surface area contributed by atoms with Gasteiger partial charge in [0.15, 0.2) is 11.0 Å². The van der Waals surface area contributed by atoms with Crippen molar-refractivity contribution in [2.24, 2.45) is 7.05 Å². The monoisotopic (exact) mass is 459 g/mol. The van der Waals surface area contributed by atoms with E-state index in [1.807, 2.05) is 36.7 Å². The minimum absolute atomic E-state index is 0.118. The van der Waals surface area contributed by atoms with Crippen LogP contribution >= 0.6 is 35.0 Å². The molecule has 0 radical (unpaired) electrons. The Morgan fingerprint density at radius 1 is 1.20 bits per heavy atom. The maximum Gasteiger partial charge on any atom is 0.237 e. The molecule has 0 saturated carbocycles. The fourth-order valence-corrected chi connectivity index (χ4v) is 3.88. The zero-order valence-corrected chi connectivity index (χ0v) is 18.8. The van der Waals surface area contributed by atoms with Crippen molar-refractivity contribution in [3.8, 4) is 17.5 Å². The summed E-state index contributed by atoms with van der Waals surface area (Å²) < 4.78 is 1.84. The topological polar surface area (TPSA) is 74.8 Å². The molecule has 0 aliphatic rings. The second kappa shape index (κ2) is 9.98. The van der Waals surface area contributed by atoms with Crippen LogP contribution in [0.4, 0.5) is 5.69 Å². The number of halogens is 2. The highest BCUT2D eigenvalue weighted by molar-refractivity contribution is 7.99. The fraction of sp³-hybridized carbons (Fsp3) is 0.238. The number of benzene rings is 2. The van der Waals surface area contributed by atoms with Crippen molar-refractivity contribution in [2.45, 2.75) is 18.5 Å². The normalized spacial score (nSPS) is 10.6. The molecule has 1 heterocycles. The molecule has 0 fully saturated rings. The Hall–Kier alpha value is -2.53. The molecule has 2 aromatic carbocycles. The predicted molar refractivity (Wildman–Crippen MR) is 121 cm³/mol. The molecular formula is C21H19Cl2N5OS. The number of carbonyl (C=O) groups is 1. The lowest BCUT2D eigenvalue weighted by molar-refractivity contribution is -0.116. The average Bonchev–Trinajstić information content (AvgIpc) is 3.10. The summed E-state index contributed by atoms with van der Waals surface area (Å²) in [6, 6.07) is 14.8. The second-order valence-electron chi connectivity index (χ2n) is 6.55. The third kappa shape index (κ3) is 5.14. The van der Waals surface area contributed by atoms with E-state index in [0.717, 1.165) is 16.8 Å². The third-order valence-electron chi connectivity index (χ3n) is 4.46. The van der Waals surface area contributed by atoms with Crippen molar-refractivity contribution in [3.05, 3.63) is 58.1 Å². The van der Waals surface area contributed by atoms with Crippen molar-refractivity contribution in [2.75, 3.05) is 17.2 Å². The van der Waals surface area contributed by atoms with Gasteiger partial charge in [-0.15, -0.1) is 10.2 Å². The number of amides is 1. The molecule has 9 heteroatoms. The van der Waals surface area contributed by atoms with Crippen LogP contribution in [0.25, 0.3) is 11.4 Å². The molecule has 0 spiro atoms. The van der Waals surface area contributed by atoms with Crippen LogP contribution in [0.15, 0.2) is 47.6 Å². The van der Waals surface area contributed by atoms with E-state index in [9.17, 15) is 4.79 Å². The van der Waals surface area contributed by atoms with Crippen molar-refractivity contribution in [3.63, 3.8) is 0 Å². The fourth-order valence-electron chi connectivity index (χ4n) is 2.85. The van der Waals surface area contributed by atoms with Crippen LogP contribution < -0.4 is 4.90 Å². The Bertz CT molecular complexity index is 1090. The molecule has 154 valence electrons. The van der Waals surface area contributed by atoms with Crippen molar-refractivity contribution in [1.82, 2.24) is 14.8 Å². The van der Waals surface area contributed by atoms with E-state index in [0.29, 0.717) is 27.6 Å².